The van der Waals surface area contributed by atoms with E-state index in [1.165, 1.54) is 19.2 Å². The van der Waals surface area contributed by atoms with Crippen LogP contribution in [0.2, 0.25) is 0 Å². The number of anilines is 1. The summed E-state index contributed by atoms with van der Waals surface area (Å²) < 4.78 is 18.4. The van der Waals surface area contributed by atoms with E-state index in [1.807, 2.05) is 0 Å². The summed E-state index contributed by atoms with van der Waals surface area (Å²) in [5.74, 6) is -0.879. The Balaban J connectivity index is 1.69. The Morgan fingerprint density at radius 1 is 1.00 bits per heavy atom. The number of rotatable bonds is 3. The van der Waals surface area contributed by atoms with Gasteiger partial charge in [-0.3, -0.25) is 4.79 Å². The van der Waals surface area contributed by atoms with Crippen molar-refractivity contribution in [2.75, 3.05) is 38.2 Å². The lowest BCUT2D eigenvalue weighted by molar-refractivity contribution is 0.0600. The maximum Gasteiger partial charge on any atom is 0.337 e. The molecule has 0 bridgehead atoms. The summed E-state index contributed by atoms with van der Waals surface area (Å²) in [7, 11) is 1.30. The molecule has 0 spiro atoms. The second-order valence-corrected chi connectivity index (χ2v) is 6.89. The van der Waals surface area contributed by atoms with E-state index >= 15 is 0 Å². The first kappa shape index (κ1) is 18.4. The minimum absolute atomic E-state index is 0.129. The van der Waals surface area contributed by atoms with Crippen molar-refractivity contribution in [2.24, 2.45) is 0 Å². The number of amides is 1. The van der Waals surface area contributed by atoms with Gasteiger partial charge in [-0.05, 0) is 42.5 Å². The Morgan fingerprint density at radius 3 is 2.23 bits per heavy atom. The van der Waals surface area contributed by atoms with Gasteiger partial charge in [-0.15, -0.1) is 0 Å². The Kier molecular flexibility index (Phi) is 5.56. The second kappa shape index (κ2) is 7.86. The van der Waals surface area contributed by atoms with Gasteiger partial charge in [0, 0.05) is 41.9 Å². The summed E-state index contributed by atoms with van der Waals surface area (Å²) in [4.78, 5) is 28.4. The van der Waals surface area contributed by atoms with Gasteiger partial charge in [0.25, 0.3) is 5.91 Å². The van der Waals surface area contributed by atoms with Crippen LogP contribution >= 0.6 is 15.9 Å². The average molecular weight is 421 g/mol. The number of esters is 1. The standard InChI is InChI=1S/C19H18BrFN2O3/c1-26-19(25)14-10-13(11-15(20)12-14)18(24)23-8-6-22(7-9-23)17-4-2-16(21)3-5-17/h2-5,10-12H,6-9H2,1H3. The van der Waals surface area contributed by atoms with E-state index in [9.17, 15) is 14.0 Å². The quantitative estimate of drug-likeness (QED) is 0.714. The summed E-state index contributed by atoms with van der Waals surface area (Å²) in [6.45, 7) is 2.43. The van der Waals surface area contributed by atoms with E-state index in [1.54, 1.807) is 35.2 Å². The third-order valence-electron chi connectivity index (χ3n) is 4.32. The Bertz CT molecular complexity index is 818. The van der Waals surface area contributed by atoms with Crippen molar-refractivity contribution in [3.8, 4) is 0 Å². The zero-order valence-corrected chi connectivity index (χ0v) is 15.8. The van der Waals surface area contributed by atoms with Crippen LogP contribution in [0, 0.1) is 5.82 Å². The Morgan fingerprint density at radius 2 is 1.62 bits per heavy atom. The lowest BCUT2D eigenvalue weighted by Crippen LogP contribution is -2.48. The fourth-order valence-electron chi connectivity index (χ4n) is 2.95. The van der Waals surface area contributed by atoms with Gasteiger partial charge in [0.05, 0.1) is 12.7 Å². The van der Waals surface area contributed by atoms with Gasteiger partial charge >= 0.3 is 5.97 Å². The number of methoxy groups -OCH3 is 1. The predicted octanol–water partition coefficient (Wildman–Crippen LogP) is 3.34. The molecule has 0 saturated carbocycles. The second-order valence-electron chi connectivity index (χ2n) is 5.98. The number of ether oxygens (including phenoxy) is 1. The maximum absolute atomic E-state index is 13.0. The van der Waals surface area contributed by atoms with Gasteiger partial charge in [-0.25, -0.2) is 9.18 Å². The topological polar surface area (TPSA) is 49.9 Å². The van der Waals surface area contributed by atoms with Crippen LogP contribution in [0.5, 0.6) is 0 Å². The molecule has 1 heterocycles. The van der Waals surface area contributed by atoms with Gasteiger partial charge in [-0.2, -0.15) is 0 Å². The van der Waals surface area contributed by atoms with E-state index in [4.69, 9.17) is 4.74 Å². The van der Waals surface area contributed by atoms with E-state index in [0.29, 0.717) is 41.8 Å². The monoisotopic (exact) mass is 420 g/mol. The third-order valence-corrected chi connectivity index (χ3v) is 4.78. The van der Waals surface area contributed by atoms with Gasteiger partial charge in [0.15, 0.2) is 0 Å². The van der Waals surface area contributed by atoms with Crippen LogP contribution in [0.4, 0.5) is 10.1 Å². The zero-order chi connectivity index (χ0) is 18.7. The zero-order valence-electron chi connectivity index (χ0n) is 14.2. The first-order valence-electron chi connectivity index (χ1n) is 8.16. The van der Waals surface area contributed by atoms with E-state index in [2.05, 4.69) is 20.8 Å². The highest BCUT2D eigenvalue weighted by Gasteiger charge is 2.23. The Labute approximate surface area is 159 Å². The molecule has 7 heteroatoms. The summed E-state index contributed by atoms with van der Waals surface area (Å²) in [5, 5.41) is 0. The smallest absolute Gasteiger partial charge is 0.337 e. The fraction of sp³-hybridized carbons (Fsp3) is 0.263. The molecule has 0 aromatic heterocycles. The Hall–Kier alpha value is -2.41. The number of benzene rings is 2. The minimum atomic E-state index is -0.485. The van der Waals surface area contributed by atoms with Crippen LogP contribution in [0.25, 0.3) is 0 Å². The first-order valence-corrected chi connectivity index (χ1v) is 8.96. The van der Waals surface area contributed by atoms with E-state index in [0.717, 1.165) is 5.69 Å². The summed E-state index contributed by atoms with van der Waals surface area (Å²) in [6, 6.07) is 11.2. The molecule has 2 aromatic rings. The molecule has 26 heavy (non-hydrogen) atoms. The lowest BCUT2D eigenvalue weighted by Gasteiger charge is -2.36. The van der Waals surface area contributed by atoms with Crippen molar-refractivity contribution in [3.05, 3.63) is 63.9 Å². The predicted molar refractivity (Wildman–Crippen MR) is 100.0 cm³/mol. The van der Waals surface area contributed by atoms with Crippen molar-refractivity contribution in [1.29, 1.82) is 0 Å². The molecule has 0 radical (unpaired) electrons. The fourth-order valence-corrected chi connectivity index (χ4v) is 3.44. The molecule has 0 unspecified atom stereocenters. The van der Waals surface area contributed by atoms with E-state index in [-0.39, 0.29) is 11.7 Å². The van der Waals surface area contributed by atoms with Crippen molar-refractivity contribution < 1.29 is 18.7 Å². The molecule has 1 fully saturated rings. The molecule has 2 aromatic carbocycles. The highest BCUT2D eigenvalue weighted by molar-refractivity contribution is 9.10. The van der Waals surface area contributed by atoms with Crippen molar-refractivity contribution in [1.82, 2.24) is 4.90 Å². The molecule has 3 rings (SSSR count). The minimum Gasteiger partial charge on any atom is -0.465 e. The molecule has 1 aliphatic heterocycles. The lowest BCUT2D eigenvalue weighted by atomic mass is 10.1. The number of hydrogen-bond acceptors (Lipinski definition) is 4. The first-order chi connectivity index (χ1) is 12.5. The molecule has 136 valence electrons. The summed E-state index contributed by atoms with van der Waals surface area (Å²) in [6.07, 6.45) is 0. The normalized spacial score (nSPS) is 14.3. The summed E-state index contributed by atoms with van der Waals surface area (Å²) in [5.41, 5.74) is 1.71. The molecule has 5 nitrogen and oxygen atoms in total. The average Bonchev–Trinajstić information content (AvgIpc) is 2.67. The van der Waals surface area contributed by atoms with Crippen LogP contribution in [0.15, 0.2) is 46.9 Å². The largest absolute Gasteiger partial charge is 0.465 e. The molecule has 1 saturated heterocycles. The van der Waals surface area contributed by atoms with Crippen molar-refractivity contribution in [3.63, 3.8) is 0 Å². The third kappa shape index (κ3) is 4.04. The number of nitrogens with zero attached hydrogens (tertiary/aromatic N) is 2. The SMILES string of the molecule is COC(=O)c1cc(Br)cc(C(=O)N2CCN(c3ccc(F)cc3)CC2)c1. The van der Waals surface area contributed by atoms with Gasteiger partial charge in [-0.1, -0.05) is 15.9 Å². The molecular weight excluding hydrogens is 403 g/mol. The van der Waals surface area contributed by atoms with Gasteiger partial charge in [0.2, 0.25) is 0 Å². The summed E-state index contributed by atoms with van der Waals surface area (Å²) >= 11 is 3.33. The number of carbonyl (C=O) groups excluding carboxylic acids is 2. The molecular formula is C19H18BrFN2O3. The number of carbonyl (C=O) groups is 2. The molecule has 1 aliphatic rings. The van der Waals surface area contributed by atoms with Crippen LogP contribution in [0.1, 0.15) is 20.7 Å². The van der Waals surface area contributed by atoms with Crippen LogP contribution in [-0.2, 0) is 4.74 Å². The van der Waals surface area contributed by atoms with Gasteiger partial charge < -0.3 is 14.5 Å². The van der Waals surface area contributed by atoms with Crippen LogP contribution in [-0.4, -0.2) is 50.1 Å². The molecule has 0 aliphatic carbocycles. The molecule has 1 amide bonds. The van der Waals surface area contributed by atoms with Crippen molar-refractivity contribution >= 4 is 33.5 Å². The highest BCUT2D eigenvalue weighted by atomic mass is 79.9. The molecule has 0 atom stereocenters. The molecule has 0 N–H and O–H groups in total. The van der Waals surface area contributed by atoms with Crippen molar-refractivity contribution in [2.45, 2.75) is 0 Å². The van der Waals surface area contributed by atoms with E-state index < -0.39 is 5.97 Å². The highest BCUT2D eigenvalue weighted by Crippen LogP contribution is 2.21. The number of hydrogen-bond donors (Lipinski definition) is 0. The maximum atomic E-state index is 13.0. The number of piperazine rings is 1. The van der Waals surface area contributed by atoms with Crippen LogP contribution in [0.3, 0.4) is 0 Å². The number of halogens is 2. The van der Waals surface area contributed by atoms with Gasteiger partial charge in [0.1, 0.15) is 5.82 Å². The van der Waals surface area contributed by atoms with Crippen LogP contribution < -0.4 is 4.90 Å².